The molecule has 3 aromatic heterocycles. The molecular weight excluding hydrogens is 410 g/mol. The molecule has 0 radical (unpaired) electrons. The number of pyridine rings is 1. The summed E-state index contributed by atoms with van der Waals surface area (Å²) in [5, 5.41) is 8.36. The largest absolute Gasteiger partial charge is 0.352 e. The van der Waals surface area contributed by atoms with Crippen LogP contribution in [0.15, 0.2) is 60.8 Å². The van der Waals surface area contributed by atoms with Gasteiger partial charge in [0.2, 0.25) is 5.95 Å². The first-order valence-electron chi connectivity index (χ1n) is 10.1. The van der Waals surface area contributed by atoms with E-state index in [1.807, 2.05) is 61.2 Å². The molecule has 5 aromatic rings. The molecule has 160 valence electrons. The Hall–Kier alpha value is -4.07. The molecule has 0 unspecified atom stereocenters. The van der Waals surface area contributed by atoms with E-state index in [9.17, 15) is 8.78 Å². The van der Waals surface area contributed by atoms with Gasteiger partial charge in [0.25, 0.3) is 0 Å². The SMILES string of the molecule is Cc1cccc(-c2[nH]c(NCc3cccc(F)c3F)nc2-c2ccc3c(cnn3C)c2)n1. The number of nitrogens with one attached hydrogen (secondary N) is 2. The van der Waals surface area contributed by atoms with E-state index in [1.165, 1.54) is 12.1 Å². The zero-order chi connectivity index (χ0) is 22.2. The molecule has 0 bridgehead atoms. The average Bonchev–Trinajstić information content (AvgIpc) is 3.38. The summed E-state index contributed by atoms with van der Waals surface area (Å²) in [5.41, 5.74) is 5.18. The second kappa shape index (κ2) is 7.88. The Morgan fingerprint density at radius 1 is 1.03 bits per heavy atom. The Morgan fingerprint density at radius 3 is 2.72 bits per heavy atom. The van der Waals surface area contributed by atoms with Crippen molar-refractivity contribution in [2.45, 2.75) is 13.5 Å². The predicted molar refractivity (Wildman–Crippen MR) is 120 cm³/mol. The van der Waals surface area contributed by atoms with Crippen LogP contribution in [0.4, 0.5) is 14.7 Å². The minimum Gasteiger partial charge on any atom is -0.352 e. The van der Waals surface area contributed by atoms with Crippen LogP contribution in [-0.4, -0.2) is 24.7 Å². The van der Waals surface area contributed by atoms with Gasteiger partial charge in [-0.25, -0.2) is 13.8 Å². The van der Waals surface area contributed by atoms with E-state index >= 15 is 0 Å². The Labute approximate surface area is 183 Å². The van der Waals surface area contributed by atoms with Crippen molar-refractivity contribution in [2.24, 2.45) is 7.05 Å². The molecule has 3 heterocycles. The average molecular weight is 430 g/mol. The number of aryl methyl sites for hydroxylation is 2. The van der Waals surface area contributed by atoms with Crippen LogP contribution in [0.1, 0.15) is 11.3 Å². The van der Waals surface area contributed by atoms with E-state index in [4.69, 9.17) is 4.98 Å². The maximum absolute atomic E-state index is 14.1. The van der Waals surface area contributed by atoms with Crippen molar-refractivity contribution in [2.75, 3.05) is 5.32 Å². The molecule has 5 rings (SSSR count). The Morgan fingerprint density at radius 2 is 1.88 bits per heavy atom. The number of hydrogen-bond acceptors (Lipinski definition) is 4. The number of fused-ring (bicyclic) bond motifs is 1. The number of hydrogen-bond donors (Lipinski definition) is 2. The molecule has 2 aromatic carbocycles. The van der Waals surface area contributed by atoms with Gasteiger partial charge in [0.1, 0.15) is 0 Å². The lowest BCUT2D eigenvalue weighted by Crippen LogP contribution is -2.04. The third kappa shape index (κ3) is 3.60. The van der Waals surface area contributed by atoms with Gasteiger partial charge in [-0.3, -0.25) is 9.67 Å². The van der Waals surface area contributed by atoms with Crippen molar-refractivity contribution in [3.63, 3.8) is 0 Å². The van der Waals surface area contributed by atoms with Crippen LogP contribution in [-0.2, 0) is 13.6 Å². The molecule has 0 saturated heterocycles. The molecule has 0 saturated carbocycles. The van der Waals surface area contributed by atoms with Crippen molar-refractivity contribution in [1.82, 2.24) is 24.7 Å². The summed E-state index contributed by atoms with van der Waals surface area (Å²) in [6.07, 6.45) is 1.81. The summed E-state index contributed by atoms with van der Waals surface area (Å²) in [7, 11) is 1.90. The number of anilines is 1. The molecule has 0 atom stereocenters. The maximum atomic E-state index is 14.1. The molecule has 0 aliphatic heterocycles. The lowest BCUT2D eigenvalue weighted by molar-refractivity contribution is 0.500. The summed E-state index contributed by atoms with van der Waals surface area (Å²) in [6.45, 7) is 2.01. The number of halogens is 2. The number of H-pyrrole nitrogens is 1. The molecule has 0 aliphatic carbocycles. The number of rotatable bonds is 5. The molecule has 8 heteroatoms. The lowest BCUT2D eigenvalue weighted by Gasteiger charge is -2.05. The molecule has 0 amide bonds. The van der Waals surface area contributed by atoms with E-state index in [0.29, 0.717) is 11.6 Å². The first-order valence-corrected chi connectivity index (χ1v) is 10.1. The van der Waals surface area contributed by atoms with Crippen molar-refractivity contribution < 1.29 is 8.78 Å². The van der Waals surface area contributed by atoms with Crippen LogP contribution >= 0.6 is 0 Å². The van der Waals surface area contributed by atoms with Gasteiger partial charge >= 0.3 is 0 Å². The lowest BCUT2D eigenvalue weighted by atomic mass is 10.1. The molecule has 0 spiro atoms. The third-order valence-corrected chi connectivity index (χ3v) is 5.35. The first kappa shape index (κ1) is 19.9. The monoisotopic (exact) mass is 430 g/mol. The topological polar surface area (TPSA) is 71.4 Å². The van der Waals surface area contributed by atoms with Crippen molar-refractivity contribution in [3.05, 3.63) is 83.7 Å². The van der Waals surface area contributed by atoms with Crippen LogP contribution in [0.2, 0.25) is 0 Å². The van der Waals surface area contributed by atoms with E-state index in [-0.39, 0.29) is 12.1 Å². The molecule has 0 fully saturated rings. The normalized spacial score (nSPS) is 11.2. The van der Waals surface area contributed by atoms with Crippen LogP contribution in [0.5, 0.6) is 0 Å². The van der Waals surface area contributed by atoms with E-state index in [0.717, 1.165) is 39.6 Å². The summed E-state index contributed by atoms with van der Waals surface area (Å²) < 4.78 is 29.4. The van der Waals surface area contributed by atoms with Crippen LogP contribution in [0, 0.1) is 18.6 Å². The highest BCUT2D eigenvalue weighted by molar-refractivity contribution is 5.87. The zero-order valence-electron chi connectivity index (χ0n) is 17.5. The Bertz CT molecular complexity index is 1440. The smallest absolute Gasteiger partial charge is 0.201 e. The predicted octanol–water partition coefficient (Wildman–Crippen LogP) is 5.22. The van der Waals surface area contributed by atoms with E-state index in [1.54, 1.807) is 0 Å². The van der Waals surface area contributed by atoms with Gasteiger partial charge in [-0.15, -0.1) is 0 Å². The number of aromatic nitrogens is 5. The van der Waals surface area contributed by atoms with Crippen molar-refractivity contribution in [3.8, 4) is 22.6 Å². The summed E-state index contributed by atoms with van der Waals surface area (Å²) in [4.78, 5) is 12.6. The van der Waals surface area contributed by atoms with Gasteiger partial charge in [-0.05, 0) is 37.3 Å². The third-order valence-electron chi connectivity index (χ3n) is 5.35. The summed E-state index contributed by atoms with van der Waals surface area (Å²) in [5.74, 6) is -1.30. The highest BCUT2D eigenvalue weighted by atomic mass is 19.2. The number of aromatic amines is 1. The fourth-order valence-electron chi connectivity index (χ4n) is 3.71. The van der Waals surface area contributed by atoms with Gasteiger partial charge in [-0.2, -0.15) is 5.10 Å². The highest BCUT2D eigenvalue weighted by Crippen LogP contribution is 2.32. The van der Waals surface area contributed by atoms with Gasteiger partial charge < -0.3 is 10.3 Å². The van der Waals surface area contributed by atoms with Crippen LogP contribution in [0.3, 0.4) is 0 Å². The van der Waals surface area contributed by atoms with Crippen molar-refractivity contribution >= 4 is 16.9 Å². The van der Waals surface area contributed by atoms with E-state index in [2.05, 4.69) is 20.4 Å². The summed E-state index contributed by atoms with van der Waals surface area (Å²) in [6, 6.07) is 15.9. The number of nitrogens with zero attached hydrogens (tertiary/aromatic N) is 4. The molecular formula is C24H20F2N6. The standard InChI is InChI=1S/C24H20F2N6/c1-14-5-3-8-19(29-14)23-22(15-9-10-20-17(11-15)13-28-32(20)2)30-24(31-23)27-12-16-6-4-7-18(25)21(16)26/h3-11,13H,12H2,1-2H3,(H2,27,30,31). The molecule has 6 nitrogen and oxygen atoms in total. The second-order valence-corrected chi connectivity index (χ2v) is 7.58. The minimum absolute atomic E-state index is 0.0822. The minimum atomic E-state index is -0.876. The number of imidazole rings is 1. The quantitative estimate of drug-likeness (QED) is 0.401. The fraction of sp³-hybridized carbons (Fsp3) is 0.125. The van der Waals surface area contributed by atoms with Crippen LogP contribution < -0.4 is 5.32 Å². The highest BCUT2D eigenvalue weighted by Gasteiger charge is 2.17. The van der Waals surface area contributed by atoms with E-state index < -0.39 is 11.6 Å². The Balaban J connectivity index is 1.56. The number of benzene rings is 2. The van der Waals surface area contributed by atoms with Gasteiger partial charge in [-0.1, -0.05) is 24.3 Å². The summed E-state index contributed by atoms with van der Waals surface area (Å²) >= 11 is 0. The van der Waals surface area contributed by atoms with Gasteiger partial charge in [0.15, 0.2) is 11.6 Å². The zero-order valence-corrected chi connectivity index (χ0v) is 17.5. The molecule has 0 aliphatic rings. The Kier molecular flexibility index (Phi) is 4.89. The van der Waals surface area contributed by atoms with Crippen molar-refractivity contribution in [1.29, 1.82) is 0 Å². The first-order chi connectivity index (χ1) is 15.5. The van der Waals surface area contributed by atoms with Gasteiger partial charge in [0, 0.05) is 35.8 Å². The fourth-order valence-corrected chi connectivity index (χ4v) is 3.71. The maximum Gasteiger partial charge on any atom is 0.201 e. The second-order valence-electron chi connectivity index (χ2n) is 7.58. The van der Waals surface area contributed by atoms with Gasteiger partial charge in [0.05, 0.1) is 28.8 Å². The molecule has 32 heavy (non-hydrogen) atoms. The molecule has 2 N–H and O–H groups in total. The van der Waals surface area contributed by atoms with Crippen LogP contribution in [0.25, 0.3) is 33.5 Å².